The molecule has 6 heteroatoms. The van der Waals surface area contributed by atoms with Crippen LogP contribution in [0, 0.1) is 18.3 Å². The van der Waals surface area contributed by atoms with E-state index in [0.29, 0.717) is 29.5 Å². The molecule has 0 radical (unpaired) electrons. The molecule has 1 aromatic heterocycles. The second-order valence-corrected chi connectivity index (χ2v) is 4.91. The third kappa shape index (κ3) is 2.83. The maximum atomic E-state index is 9.33. The van der Waals surface area contributed by atoms with Crippen molar-refractivity contribution >= 4 is 0 Å². The lowest BCUT2D eigenvalue weighted by Gasteiger charge is -2.16. The third-order valence-electron chi connectivity index (χ3n) is 3.67. The van der Waals surface area contributed by atoms with Crippen molar-refractivity contribution in [2.75, 3.05) is 28.4 Å². The van der Waals surface area contributed by atoms with Gasteiger partial charge >= 0.3 is 0 Å². The van der Waals surface area contributed by atoms with Crippen molar-refractivity contribution in [3.8, 4) is 34.4 Å². The lowest BCUT2D eigenvalue weighted by Crippen LogP contribution is -1.99. The van der Waals surface area contributed by atoms with Crippen LogP contribution in [-0.2, 0) is 11.3 Å². The van der Waals surface area contributed by atoms with Crippen molar-refractivity contribution in [2.45, 2.75) is 13.5 Å². The molecule has 0 aliphatic carbocycles. The number of H-pyrrole nitrogens is 1. The third-order valence-corrected chi connectivity index (χ3v) is 3.67. The second kappa shape index (κ2) is 7.07. The molecule has 1 aromatic carbocycles. The van der Waals surface area contributed by atoms with Crippen LogP contribution in [0.1, 0.15) is 17.0 Å². The molecule has 0 atom stereocenters. The molecule has 0 saturated heterocycles. The van der Waals surface area contributed by atoms with E-state index >= 15 is 0 Å². The van der Waals surface area contributed by atoms with Crippen molar-refractivity contribution in [3.05, 3.63) is 29.1 Å². The Morgan fingerprint density at radius 1 is 1.04 bits per heavy atom. The molecule has 0 aliphatic rings. The Morgan fingerprint density at radius 2 is 1.74 bits per heavy atom. The van der Waals surface area contributed by atoms with E-state index in [2.05, 4.69) is 11.1 Å². The highest BCUT2D eigenvalue weighted by molar-refractivity contribution is 5.81. The Kier molecular flexibility index (Phi) is 5.14. The molecule has 2 aromatic rings. The normalized spacial score (nSPS) is 10.3. The summed E-state index contributed by atoms with van der Waals surface area (Å²) >= 11 is 0. The fourth-order valence-electron chi connectivity index (χ4n) is 2.72. The van der Waals surface area contributed by atoms with E-state index in [0.717, 1.165) is 22.4 Å². The minimum atomic E-state index is 0.320. The van der Waals surface area contributed by atoms with Crippen LogP contribution >= 0.6 is 0 Å². The fraction of sp³-hybridized carbons (Fsp3) is 0.353. The number of aromatic amines is 1. The number of hydrogen-bond donors (Lipinski definition) is 1. The highest BCUT2D eigenvalue weighted by atomic mass is 16.5. The van der Waals surface area contributed by atoms with Crippen LogP contribution in [0.25, 0.3) is 11.1 Å². The molecule has 0 amide bonds. The Labute approximate surface area is 135 Å². The van der Waals surface area contributed by atoms with Crippen molar-refractivity contribution in [3.63, 3.8) is 0 Å². The van der Waals surface area contributed by atoms with Crippen molar-refractivity contribution < 1.29 is 18.9 Å². The molecule has 122 valence electrons. The molecule has 6 nitrogen and oxygen atoms in total. The summed E-state index contributed by atoms with van der Waals surface area (Å²) in [5, 5.41) is 9.33. The number of benzene rings is 1. The summed E-state index contributed by atoms with van der Waals surface area (Å²) in [5.41, 5.74) is 3.82. The van der Waals surface area contributed by atoms with E-state index in [-0.39, 0.29) is 0 Å². The van der Waals surface area contributed by atoms with Gasteiger partial charge in [-0.2, -0.15) is 5.26 Å². The number of nitrogens with zero attached hydrogens (tertiary/aromatic N) is 1. The molecule has 0 unspecified atom stereocenters. The minimum absolute atomic E-state index is 0.320. The number of nitriles is 1. The van der Waals surface area contributed by atoms with Crippen LogP contribution in [0.5, 0.6) is 17.2 Å². The zero-order chi connectivity index (χ0) is 17.0. The zero-order valence-corrected chi connectivity index (χ0v) is 13.9. The predicted molar refractivity (Wildman–Crippen MR) is 86.0 cm³/mol. The van der Waals surface area contributed by atoms with E-state index in [4.69, 9.17) is 18.9 Å². The first-order chi connectivity index (χ1) is 11.1. The van der Waals surface area contributed by atoms with Crippen LogP contribution < -0.4 is 14.2 Å². The van der Waals surface area contributed by atoms with E-state index in [1.807, 2.05) is 19.1 Å². The summed E-state index contributed by atoms with van der Waals surface area (Å²) in [5.74, 6) is 1.64. The number of ether oxygens (including phenoxy) is 4. The van der Waals surface area contributed by atoms with Crippen LogP contribution in [-0.4, -0.2) is 33.4 Å². The molecule has 1 N–H and O–H groups in total. The number of nitrogens with one attached hydrogen (secondary N) is 1. The average Bonchev–Trinajstić information content (AvgIpc) is 2.89. The molecular weight excluding hydrogens is 296 g/mol. The quantitative estimate of drug-likeness (QED) is 0.886. The van der Waals surface area contributed by atoms with E-state index in [9.17, 15) is 5.26 Å². The molecule has 0 bridgehead atoms. The van der Waals surface area contributed by atoms with Crippen LogP contribution in [0.4, 0.5) is 0 Å². The largest absolute Gasteiger partial charge is 0.493 e. The van der Waals surface area contributed by atoms with Gasteiger partial charge in [-0.15, -0.1) is 0 Å². The van der Waals surface area contributed by atoms with Gasteiger partial charge in [0, 0.05) is 29.5 Å². The first kappa shape index (κ1) is 16.7. The van der Waals surface area contributed by atoms with Crippen molar-refractivity contribution in [1.82, 2.24) is 4.98 Å². The van der Waals surface area contributed by atoms with Gasteiger partial charge < -0.3 is 23.9 Å². The Morgan fingerprint density at radius 3 is 2.26 bits per heavy atom. The van der Waals surface area contributed by atoms with E-state index < -0.39 is 0 Å². The maximum absolute atomic E-state index is 9.33. The van der Waals surface area contributed by atoms with Crippen LogP contribution in [0.2, 0.25) is 0 Å². The summed E-state index contributed by atoms with van der Waals surface area (Å²) in [6, 6.07) is 5.86. The first-order valence-corrected chi connectivity index (χ1v) is 7.02. The Balaban J connectivity index is 2.77. The van der Waals surface area contributed by atoms with Crippen molar-refractivity contribution in [2.24, 2.45) is 0 Å². The number of aromatic nitrogens is 1. The molecule has 23 heavy (non-hydrogen) atoms. The predicted octanol–water partition coefficient (Wildman–Crippen LogP) is 3.03. The molecule has 0 spiro atoms. The lowest BCUT2D eigenvalue weighted by atomic mass is 9.99. The summed E-state index contributed by atoms with van der Waals surface area (Å²) < 4.78 is 21.6. The van der Waals surface area contributed by atoms with Crippen LogP contribution in [0.15, 0.2) is 12.1 Å². The number of aryl methyl sites for hydroxylation is 1. The number of methoxy groups -OCH3 is 4. The molecule has 2 rings (SSSR count). The number of hydrogen-bond acceptors (Lipinski definition) is 5. The molecule has 0 saturated carbocycles. The molecule has 0 aliphatic heterocycles. The zero-order valence-electron chi connectivity index (χ0n) is 13.9. The highest BCUT2D eigenvalue weighted by Gasteiger charge is 2.23. The highest BCUT2D eigenvalue weighted by Crippen LogP contribution is 2.46. The van der Waals surface area contributed by atoms with Gasteiger partial charge in [-0.25, -0.2) is 0 Å². The van der Waals surface area contributed by atoms with E-state index in [1.54, 1.807) is 28.4 Å². The SMILES string of the molecule is COCc1c(C#N)[nH]c(C)c1-c1ccc(OC)c(OC)c1OC. The smallest absolute Gasteiger partial charge is 0.203 e. The van der Waals surface area contributed by atoms with Gasteiger partial charge in [0.2, 0.25) is 5.75 Å². The Bertz CT molecular complexity index is 744. The van der Waals surface area contributed by atoms with Crippen molar-refractivity contribution in [1.29, 1.82) is 5.26 Å². The molecule has 1 heterocycles. The average molecular weight is 316 g/mol. The van der Waals surface area contributed by atoms with Gasteiger partial charge in [-0.3, -0.25) is 0 Å². The molecular formula is C17H20N2O4. The van der Waals surface area contributed by atoms with Crippen LogP contribution in [0.3, 0.4) is 0 Å². The van der Waals surface area contributed by atoms with E-state index in [1.165, 1.54) is 0 Å². The summed E-state index contributed by atoms with van der Waals surface area (Å²) in [7, 11) is 6.30. The maximum Gasteiger partial charge on any atom is 0.203 e. The number of rotatable bonds is 6. The monoisotopic (exact) mass is 316 g/mol. The lowest BCUT2D eigenvalue weighted by molar-refractivity contribution is 0.185. The molecule has 0 fully saturated rings. The Hall–Kier alpha value is -2.65. The van der Waals surface area contributed by atoms with Gasteiger partial charge in [-0.1, -0.05) is 0 Å². The van der Waals surface area contributed by atoms with Gasteiger partial charge in [0.25, 0.3) is 0 Å². The fourth-order valence-corrected chi connectivity index (χ4v) is 2.72. The second-order valence-electron chi connectivity index (χ2n) is 4.91. The van der Waals surface area contributed by atoms with Gasteiger partial charge in [0.15, 0.2) is 11.5 Å². The van der Waals surface area contributed by atoms with Gasteiger partial charge in [0.1, 0.15) is 11.8 Å². The first-order valence-electron chi connectivity index (χ1n) is 7.02. The summed E-state index contributed by atoms with van der Waals surface area (Å²) in [4.78, 5) is 3.09. The summed E-state index contributed by atoms with van der Waals surface area (Å²) in [6.07, 6.45) is 0. The standard InChI is InChI=1S/C17H20N2O4/c1-10-15(12(9-20-2)13(8-18)19-10)11-6-7-14(21-3)17(23-5)16(11)22-4/h6-7,19H,9H2,1-5H3. The topological polar surface area (TPSA) is 76.5 Å². The van der Waals surface area contributed by atoms with Gasteiger partial charge in [0.05, 0.1) is 27.9 Å². The minimum Gasteiger partial charge on any atom is -0.493 e. The summed E-state index contributed by atoms with van der Waals surface area (Å²) in [6.45, 7) is 2.23. The van der Waals surface area contributed by atoms with Gasteiger partial charge in [-0.05, 0) is 19.1 Å².